The number of hydrogen-bond donors (Lipinski definition) is 1. The van der Waals surface area contributed by atoms with E-state index < -0.39 is 11.1 Å². The summed E-state index contributed by atoms with van der Waals surface area (Å²) in [4.78, 5) is 27.4. The van der Waals surface area contributed by atoms with Crippen molar-refractivity contribution in [3.8, 4) is 11.1 Å². The lowest BCUT2D eigenvalue weighted by atomic mass is 10.0. The van der Waals surface area contributed by atoms with Crippen LogP contribution in [0, 0.1) is 12.7 Å². The molecule has 0 aliphatic carbocycles. The van der Waals surface area contributed by atoms with Gasteiger partial charge in [-0.3, -0.25) is 19.9 Å². The Kier molecular flexibility index (Phi) is 3.65. The maximum absolute atomic E-state index is 13.5. The van der Waals surface area contributed by atoms with Gasteiger partial charge in [-0.15, -0.1) is 0 Å². The summed E-state index contributed by atoms with van der Waals surface area (Å²) in [7, 11) is 0. The normalized spacial score (nSPS) is 16.0. The van der Waals surface area contributed by atoms with Crippen LogP contribution in [0.2, 0.25) is 0 Å². The Balaban J connectivity index is 1.81. The van der Waals surface area contributed by atoms with Gasteiger partial charge < -0.3 is 4.42 Å². The number of nitrogens with one attached hydrogen (secondary N) is 1. The number of pyridine rings is 1. The van der Waals surface area contributed by atoms with E-state index in [1.54, 1.807) is 37.5 Å². The SMILES string of the molecule is Cc1cc(-c2cncc3cc(C=C4SC(=O)NC4=O)oc23)ccc1F. The van der Waals surface area contributed by atoms with Gasteiger partial charge in [0.1, 0.15) is 17.2 Å². The Morgan fingerprint density at radius 1 is 1.24 bits per heavy atom. The van der Waals surface area contributed by atoms with E-state index in [1.807, 2.05) is 0 Å². The first-order valence-corrected chi connectivity index (χ1v) is 8.22. The highest BCUT2D eigenvalue weighted by atomic mass is 32.2. The fourth-order valence-corrected chi connectivity index (χ4v) is 3.28. The highest BCUT2D eigenvalue weighted by Gasteiger charge is 2.25. The van der Waals surface area contributed by atoms with Gasteiger partial charge in [-0.25, -0.2) is 4.39 Å². The molecular formula is C18H11FN2O3S. The molecule has 1 aromatic carbocycles. The van der Waals surface area contributed by atoms with Crippen LogP contribution in [0.25, 0.3) is 28.2 Å². The molecule has 3 heterocycles. The van der Waals surface area contributed by atoms with Crippen LogP contribution in [0.1, 0.15) is 11.3 Å². The zero-order valence-corrected chi connectivity index (χ0v) is 13.8. The number of aryl methyl sites for hydroxylation is 1. The monoisotopic (exact) mass is 354 g/mol. The molecule has 4 rings (SSSR count). The smallest absolute Gasteiger partial charge is 0.290 e. The summed E-state index contributed by atoms with van der Waals surface area (Å²) < 4.78 is 19.4. The lowest BCUT2D eigenvalue weighted by Gasteiger charge is -2.04. The second kappa shape index (κ2) is 5.86. The van der Waals surface area contributed by atoms with E-state index in [2.05, 4.69) is 10.3 Å². The molecule has 1 aliphatic rings. The van der Waals surface area contributed by atoms with Crippen molar-refractivity contribution in [3.63, 3.8) is 0 Å². The fourth-order valence-electron chi connectivity index (χ4n) is 2.62. The van der Waals surface area contributed by atoms with Crippen molar-refractivity contribution >= 4 is 40.0 Å². The van der Waals surface area contributed by atoms with Crippen LogP contribution in [0.5, 0.6) is 0 Å². The molecule has 0 saturated carbocycles. The number of carbonyl (C=O) groups excluding carboxylic acids is 2. The molecule has 3 aromatic rings. The van der Waals surface area contributed by atoms with Crippen molar-refractivity contribution in [1.29, 1.82) is 0 Å². The first-order valence-electron chi connectivity index (χ1n) is 7.40. The minimum atomic E-state index is -0.442. The van der Waals surface area contributed by atoms with Crippen LogP contribution in [-0.4, -0.2) is 16.1 Å². The van der Waals surface area contributed by atoms with Crippen LogP contribution in [-0.2, 0) is 4.79 Å². The molecular weight excluding hydrogens is 343 g/mol. The number of benzene rings is 1. The lowest BCUT2D eigenvalue weighted by molar-refractivity contribution is -0.115. The lowest BCUT2D eigenvalue weighted by Crippen LogP contribution is -2.17. The van der Waals surface area contributed by atoms with E-state index in [4.69, 9.17) is 4.42 Å². The van der Waals surface area contributed by atoms with Crippen molar-refractivity contribution in [3.05, 3.63) is 58.7 Å². The van der Waals surface area contributed by atoms with Crippen LogP contribution in [0.3, 0.4) is 0 Å². The molecule has 1 aliphatic heterocycles. The van der Waals surface area contributed by atoms with Crippen LogP contribution >= 0.6 is 11.8 Å². The highest BCUT2D eigenvalue weighted by molar-refractivity contribution is 8.18. The number of nitrogens with zero attached hydrogens (tertiary/aromatic N) is 1. The first-order chi connectivity index (χ1) is 12.0. The third-order valence-electron chi connectivity index (χ3n) is 3.83. The molecule has 0 spiro atoms. The number of amides is 2. The number of imide groups is 1. The van der Waals surface area contributed by atoms with Gasteiger partial charge in [-0.2, -0.15) is 0 Å². The van der Waals surface area contributed by atoms with Crippen molar-refractivity contribution < 1.29 is 18.4 Å². The summed E-state index contributed by atoms with van der Waals surface area (Å²) in [5.74, 6) is -0.277. The number of carbonyl (C=O) groups is 2. The van der Waals surface area contributed by atoms with Gasteiger partial charge in [-0.1, -0.05) is 6.07 Å². The van der Waals surface area contributed by atoms with Crippen molar-refractivity contribution in [2.75, 3.05) is 0 Å². The van der Waals surface area contributed by atoms with Gasteiger partial charge >= 0.3 is 0 Å². The summed E-state index contributed by atoms with van der Waals surface area (Å²) in [5.41, 5.74) is 2.63. The predicted octanol–water partition coefficient (Wildman–Crippen LogP) is 4.27. The van der Waals surface area contributed by atoms with Gasteiger partial charge in [0.2, 0.25) is 0 Å². The number of furan rings is 1. The van der Waals surface area contributed by atoms with E-state index in [1.165, 1.54) is 12.1 Å². The van der Waals surface area contributed by atoms with Gasteiger partial charge in [-0.05, 0) is 48.0 Å². The average molecular weight is 354 g/mol. The average Bonchev–Trinajstić information content (AvgIpc) is 3.12. The molecule has 7 heteroatoms. The Bertz CT molecular complexity index is 1070. The number of fused-ring (bicyclic) bond motifs is 1. The van der Waals surface area contributed by atoms with Crippen molar-refractivity contribution in [1.82, 2.24) is 10.3 Å². The Hall–Kier alpha value is -2.93. The minimum absolute atomic E-state index is 0.274. The molecule has 124 valence electrons. The third kappa shape index (κ3) is 2.83. The Morgan fingerprint density at radius 3 is 2.80 bits per heavy atom. The summed E-state index contributed by atoms with van der Waals surface area (Å²) in [5, 5.41) is 2.54. The van der Waals surface area contributed by atoms with Gasteiger partial charge in [0.15, 0.2) is 0 Å². The standard InChI is InChI=1S/C18H11FN2O3S/c1-9-4-10(2-3-14(9)19)13-8-20-7-11-5-12(24-16(11)13)6-15-17(22)21-18(23)25-15/h2-8H,1H3,(H,21,22,23). The predicted molar refractivity (Wildman–Crippen MR) is 93.2 cm³/mol. The molecule has 25 heavy (non-hydrogen) atoms. The van der Waals surface area contributed by atoms with Crippen LogP contribution in [0.4, 0.5) is 9.18 Å². The Morgan fingerprint density at radius 2 is 2.08 bits per heavy atom. The Labute approximate surface area is 145 Å². The third-order valence-corrected chi connectivity index (χ3v) is 4.64. The van der Waals surface area contributed by atoms with E-state index in [0.717, 1.165) is 28.3 Å². The molecule has 1 fully saturated rings. The van der Waals surface area contributed by atoms with Crippen LogP contribution in [0.15, 0.2) is 46.0 Å². The molecule has 0 bridgehead atoms. The summed E-state index contributed by atoms with van der Waals surface area (Å²) >= 11 is 0.827. The topological polar surface area (TPSA) is 72.2 Å². The summed E-state index contributed by atoms with van der Waals surface area (Å²) in [6.45, 7) is 1.69. The first kappa shape index (κ1) is 15.6. The zero-order chi connectivity index (χ0) is 17.6. The van der Waals surface area contributed by atoms with E-state index in [0.29, 0.717) is 16.9 Å². The molecule has 2 aromatic heterocycles. The molecule has 1 N–H and O–H groups in total. The number of aromatic nitrogens is 1. The quantitative estimate of drug-likeness (QED) is 0.696. The summed E-state index contributed by atoms with van der Waals surface area (Å²) in [6.07, 6.45) is 4.81. The minimum Gasteiger partial charge on any atom is -0.456 e. The second-order valence-electron chi connectivity index (χ2n) is 5.57. The van der Waals surface area contributed by atoms with E-state index in [-0.39, 0.29) is 10.7 Å². The van der Waals surface area contributed by atoms with Gasteiger partial charge in [0.25, 0.3) is 11.1 Å². The molecule has 2 amide bonds. The van der Waals surface area contributed by atoms with E-state index >= 15 is 0 Å². The molecule has 5 nitrogen and oxygen atoms in total. The van der Waals surface area contributed by atoms with Crippen molar-refractivity contribution in [2.24, 2.45) is 0 Å². The maximum atomic E-state index is 13.5. The van der Waals surface area contributed by atoms with E-state index in [9.17, 15) is 14.0 Å². The molecule has 0 unspecified atom stereocenters. The maximum Gasteiger partial charge on any atom is 0.290 e. The summed E-state index contributed by atoms with van der Waals surface area (Å²) in [6, 6.07) is 6.54. The van der Waals surface area contributed by atoms with Crippen LogP contribution < -0.4 is 5.32 Å². The molecule has 0 radical (unpaired) electrons. The second-order valence-corrected chi connectivity index (χ2v) is 6.59. The number of halogens is 1. The highest BCUT2D eigenvalue weighted by Crippen LogP contribution is 2.33. The number of rotatable bonds is 2. The van der Waals surface area contributed by atoms with Gasteiger partial charge in [0.05, 0.1) is 4.91 Å². The van der Waals surface area contributed by atoms with Crippen molar-refractivity contribution in [2.45, 2.75) is 6.92 Å². The fraction of sp³-hybridized carbons (Fsp3) is 0.0556. The largest absolute Gasteiger partial charge is 0.456 e. The number of hydrogen-bond acceptors (Lipinski definition) is 5. The number of thioether (sulfide) groups is 1. The molecule has 0 atom stereocenters. The molecule has 1 saturated heterocycles. The van der Waals surface area contributed by atoms with Gasteiger partial charge in [0, 0.05) is 29.4 Å². The zero-order valence-electron chi connectivity index (χ0n) is 13.0.